The third kappa shape index (κ3) is 2.05. The van der Waals surface area contributed by atoms with E-state index in [9.17, 15) is 4.79 Å². The number of rotatable bonds is 3. The molecule has 1 atom stereocenters. The summed E-state index contributed by atoms with van der Waals surface area (Å²) in [4.78, 5) is 18.4. The minimum atomic E-state index is 0.0158. The molecular weight excluding hydrogens is 214 g/mol. The molecule has 1 aliphatic heterocycles. The molecule has 1 saturated carbocycles. The number of aromatic nitrogens is 1. The van der Waals surface area contributed by atoms with Crippen molar-refractivity contribution in [2.24, 2.45) is 0 Å². The van der Waals surface area contributed by atoms with E-state index in [0.717, 1.165) is 24.3 Å². The maximum Gasteiger partial charge on any atom is 0.244 e. The summed E-state index contributed by atoms with van der Waals surface area (Å²) >= 11 is 0. The van der Waals surface area contributed by atoms with E-state index in [4.69, 9.17) is 0 Å². The van der Waals surface area contributed by atoms with Gasteiger partial charge in [-0.3, -0.25) is 9.78 Å². The summed E-state index contributed by atoms with van der Waals surface area (Å²) < 4.78 is 0. The average Bonchev–Trinajstić information content (AvgIpc) is 3.07. The van der Waals surface area contributed by atoms with Gasteiger partial charge in [0.15, 0.2) is 0 Å². The number of nitrogens with one attached hydrogen (secondary N) is 1. The molecule has 0 radical (unpaired) electrons. The quantitative estimate of drug-likeness (QED) is 0.851. The highest BCUT2D eigenvalue weighted by Crippen LogP contribution is 2.26. The lowest BCUT2D eigenvalue weighted by Crippen LogP contribution is -2.39. The van der Waals surface area contributed by atoms with Crippen LogP contribution in [0.15, 0.2) is 18.3 Å². The number of amides is 1. The zero-order valence-corrected chi connectivity index (χ0v) is 10.0. The summed E-state index contributed by atoms with van der Waals surface area (Å²) in [5.41, 5.74) is 1.88. The van der Waals surface area contributed by atoms with Crippen LogP contribution in [0.1, 0.15) is 25.0 Å². The van der Waals surface area contributed by atoms with Crippen LogP contribution in [0.3, 0.4) is 0 Å². The molecular formula is C13H17N3O. The van der Waals surface area contributed by atoms with E-state index in [1.54, 1.807) is 6.20 Å². The van der Waals surface area contributed by atoms with Gasteiger partial charge >= 0.3 is 0 Å². The van der Waals surface area contributed by atoms with Crippen LogP contribution in [0.5, 0.6) is 0 Å². The van der Waals surface area contributed by atoms with Gasteiger partial charge in [0.2, 0.25) is 5.91 Å². The van der Waals surface area contributed by atoms with E-state index in [1.165, 1.54) is 12.8 Å². The average molecular weight is 231 g/mol. The molecule has 90 valence electrons. The van der Waals surface area contributed by atoms with Crippen molar-refractivity contribution in [3.05, 3.63) is 24.0 Å². The van der Waals surface area contributed by atoms with Crippen LogP contribution in [-0.2, 0) is 4.79 Å². The second-order valence-corrected chi connectivity index (χ2v) is 4.88. The summed E-state index contributed by atoms with van der Waals surface area (Å²) in [6, 6.07) is 4.46. The first-order valence-corrected chi connectivity index (χ1v) is 6.25. The van der Waals surface area contributed by atoms with Crippen molar-refractivity contribution in [2.75, 3.05) is 11.4 Å². The smallest absolute Gasteiger partial charge is 0.244 e. The summed E-state index contributed by atoms with van der Waals surface area (Å²) in [7, 11) is 0. The Balaban J connectivity index is 1.76. The molecule has 1 N–H and O–H groups in total. The Morgan fingerprint density at radius 2 is 2.24 bits per heavy atom. The van der Waals surface area contributed by atoms with Crippen LogP contribution in [0, 0.1) is 6.92 Å². The fourth-order valence-corrected chi connectivity index (χ4v) is 2.37. The molecule has 4 heteroatoms. The standard InChI is InChI=1S/C13H17N3O/c1-9-12(3-2-7-14-9)16-8-6-11(13(16)17)15-10-4-5-10/h2-3,7,10-11,15H,4-6,8H2,1H3. The van der Waals surface area contributed by atoms with Gasteiger partial charge in [-0.15, -0.1) is 0 Å². The normalized spacial score (nSPS) is 24.4. The molecule has 1 aromatic heterocycles. The van der Waals surface area contributed by atoms with Crippen molar-refractivity contribution in [2.45, 2.75) is 38.3 Å². The van der Waals surface area contributed by atoms with Gasteiger partial charge in [-0.25, -0.2) is 0 Å². The van der Waals surface area contributed by atoms with Crippen molar-refractivity contribution < 1.29 is 4.79 Å². The van der Waals surface area contributed by atoms with Crippen molar-refractivity contribution in [3.8, 4) is 0 Å². The molecule has 2 fully saturated rings. The van der Waals surface area contributed by atoms with Crippen molar-refractivity contribution in [3.63, 3.8) is 0 Å². The third-order valence-corrected chi connectivity index (χ3v) is 3.49. The van der Waals surface area contributed by atoms with Crippen LogP contribution in [0.25, 0.3) is 0 Å². The van der Waals surface area contributed by atoms with Gasteiger partial charge in [-0.1, -0.05) is 0 Å². The van der Waals surface area contributed by atoms with E-state index in [0.29, 0.717) is 6.04 Å². The molecule has 4 nitrogen and oxygen atoms in total. The molecule has 0 spiro atoms. The Hall–Kier alpha value is -1.42. The number of carbonyl (C=O) groups is 1. The molecule has 2 aliphatic rings. The Morgan fingerprint density at radius 3 is 2.94 bits per heavy atom. The van der Waals surface area contributed by atoms with Crippen molar-refractivity contribution in [1.29, 1.82) is 0 Å². The van der Waals surface area contributed by atoms with Crippen LogP contribution < -0.4 is 10.2 Å². The monoisotopic (exact) mass is 231 g/mol. The number of aryl methyl sites for hydroxylation is 1. The van der Waals surface area contributed by atoms with E-state index in [-0.39, 0.29) is 11.9 Å². The van der Waals surface area contributed by atoms with Gasteiger partial charge in [0, 0.05) is 18.8 Å². The second kappa shape index (κ2) is 4.11. The van der Waals surface area contributed by atoms with E-state index < -0.39 is 0 Å². The van der Waals surface area contributed by atoms with E-state index >= 15 is 0 Å². The van der Waals surface area contributed by atoms with Crippen LogP contribution in [-0.4, -0.2) is 29.5 Å². The first-order valence-electron chi connectivity index (χ1n) is 6.25. The first-order chi connectivity index (χ1) is 8.25. The number of carbonyl (C=O) groups excluding carboxylic acids is 1. The molecule has 3 rings (SSSR count). The Morgan fingerprint density at radius 1 is 1.41 bits per heavy atom. The Labute approximate surface area is 101 Å². The minimum absolute atomic E-state index is 0.0158. The number of hydrogen-bond acceptors (Lipinski definition) is 3. The van der Waals surface area contributed by atoms with Gasteiger partial charge in [-0.2, -0.15) is 0 Å². The fraction of sp³-hybridized carbons (Fsp3) is 0.538. The predicted octanol–water partition coefficient (Wildman–Crippen LogP) is 1.25. The Bertz CT molecular complexity index is 442. The summed E-state index contributed by atoms with van der Waals surface area (Å²) in [5, 5.41) is 3.41. The molecule has 17 heavy (non-hydrogen) atoms. The first kappa shape index (κ1) is 10.7. The van der Waals surface area contributed by atoms with E-state index in [1.807, 2.05) is 24.0 Å². The number of nitrogens with zero attached hydrogens (tertiary/aromatic N) is 2. The second-order valence-electron chi connectivity index (χ2n) is 4.88. The lowest BCUT2D eigenvalue weighted by atomic mass is 10.2. The molecule has 1 amide bonds. The molecule has 1 unspecified atom stereocenters. The van der Waals surface area contributed by atoms with Crippen LogP contribution in [0.4, 0.5) is 5.69 Å². The molecule has 1 aliphatic carbocycles. The molecule has 1 aromatic rings. The van der Waals surface area contributed by atoms with Gasteiger partial charge in [-0.05, 0) is 38.3 Å². The molecule has 2 heterocycles. The molecule has 0 bridgehead atoms. The number of anilines is 1. The topological polar surface area (TPSA) is 45.2 Å². The highest BCUT2D eigenvalue weighted by Gasteiger charge is 2.36. The molecule has 1 saturated heterocycles. The highest BCUT2D eigenvalue weighted by atomic mass is 16.2. The summed E-state index contributed by atoms with van der Waals surface area (Å²) in [6.07, 6.45) is 5.11. The number of pyridine rings is 1. The van der Waals surface area contributed by atoms with Gasteiger partial charge < -0.3 is 10.2 Å². The highest BCUT2D eigenvalue weighted by molar-refractivity contribution is 5.99. The van der Waals surface area contributed by atoms with Gasteiger partial charge in [0.05, 0.1) is 17.4 Å². The van der Waals surface area contributed by atoms with Crippen molar-refractivity contribution >= 4 is 11.6 Å². The van der Waals surface area contributed by atoms with Crippen LogP contribution in [0.2, 0.25) is 0 Å². The maximum atomic E-state index is 12.3. The maximum absolute atomic E-state index is 12.3. The van der Waals surface area contributed by atoms with Crippen molar-refractivity contribution in [1.82, 2.24) is 10.3 Å². The van der Waals surface area contributed by atoms with Gasteiger partial charge in [0.25, 0.3) is 0 Å². The third-order valence-electron chi connectivity index (χ3n) is 3.49. The number of hydrogen-bond donors (Lipinski definition) is 1. The molecule has 0 aromatic carbocycles. The zero-order valence-electron chi connectivity index (χ0n) is 10.0. The largest absolute Gasteiger partial charge is 0.309 e. The lowest BCUT2D eigenvalue weighted by molar-refractivity contribution is -0.118. The lowest BCUT2D eigenvalue weighted by Gasteiger charge is -2.18. The fourth-order valence-electron chi connectivity index (χ4n) is 2.37. The predicted molar refractivity (Wildman–Crippen MR) is 65.9 cm³/mol. The van der Waals surface area contributed by atoms with Crippen LogP contribution >= 0.6 is 0 Å². The zero-order chi connectivity index (χ0) is 11.8. The minimum Gasteiger partial charge on any atom is -0.309 e. The van der Waals surface area contributed by atoms with E-state index in [2.05, 4.69) is 10.3 Å². The summed E-state index contributed by atoms with van der Waals surface area (Å²) in [6.45, 7) is 2.75. The Kier molecular flexibility index (Phi) is 2.59. The summed E-state index contributed by atoms with van der Waals surface area (Å²) in [5.74, 6) is 0.202. The SMILES string of the molecule is Cc1ncccc1N1CCC(NC2CC2)C1=O. The van der Waals surface area contributed by atoms with Gasteiger partial charge in [0.1, 0.15) is 0 Å².